The third-order valence-electron chi connectivity index (χ3n) is 5.03. The predicted molar refractivity (Wildman–Crippen MR) is 118 cm³/mol. The van der Waals surface area contributed by atoms with Gasteiger partial charge in [-0.2, -0.15) is 0 Å². The van der Waals surface area contributed by atoms with Crippen LogP contribution in [0.25, 0.3) is 11.1 Å². The molecule has 7 nitrogen and oxygen atoms in total. The van der Waals surface area contributed by atoms with Crippen LogP contribution in [0, 0.1) is 0 Å². The summed E-state index contributed by atoms with van der Waals surface area (Å²) in [6.45, 7) is 0.639. The Labute approximate surface area is 180 Å². The maximum Gasteiger partial charge on any atom is 0.312 e. The number of carbonyl (C=O) groups is 2. The number of hydrogen-bond acceptors (Lipinski definition) is 4. The van der Waals surface area contributed by atoms with E-state index < -0.39 is 6.03 Å². The van der Waals surface area contributed by atoms with Gasteiger partial charge in [-0.1, -0.05) is 54.6 Å². The topological polar surface area (TPSA) is 93.9 Å². The van der Waals surface area contributed by atoms with E-state index in [4.69, 9.17) is 15.2 Å². The van der Waals surface area contributed by atoms with Gasteiger partial charge in [0, 0.05) is 24.2 Å². The van der Waals surface area contributed by atoms with Crippen molar-refractivity contribution in [2.45, 2.75) is 13.0 Å². The van der Waals surface area contributed by atoms with E-state index in [9.17, 15) is 9.59 Å². The van der Waals surface area contributed by atoms with E-state index in [0.717, 1.165) is 22.4 Å². The minimum Gasteiger partial charge on any atom is -0.454 e. The van der Waals surface area contributed by atoms with Crippen molar-refractivity contribution in [3.8, 4) is 22.6 Å². The van der Waals surface area contributed by atoms with Crippen molar-refractivity contribution in [2.24, 2.45) is 5.73 Å². The van der Waals surface area contributed by atoms with Gasteiger partial charge >= 0.3 is 6.03 Å². The molecular weight excluding hydrogens is 394 g/mol. The number of nitrogens with two attached hydrogens (primary N) is 1. The lowest BCUT2D eigenvalue weighted by atomic mass is 10.0. The molecule has 31 heavy (non-hydrogen) atoms. The molecule has 0 fully saturated rings. The number of rotatable bonds is 7. The van der Waals surface area contributed by atoms with Crippen LogP contribution in [-0.2, 0) is 11.3 Å². The maximum absolute atomic E-state index is 13.0. The molecule has 0 atom stereocenters. The fourth-order valence-corrected chi connectivity index (χ4v) is 3.50. The minimum atomic E-state index is -0.655. The number of primary amides is 1. The second-order valence-corrected chi connectivity index (χ2v) is 7.08. The van der Waals surface area contributed by atoms with Crippen molar-refractivity contribution in [1.29, 1.82) is 0 Å². The summed E-state index contributed by atoms with van der Waals surface area (Å²) in [7, 11) is 0. The third-order valence-corrected chi connectivity index (χ3v) is 5.03. The van der Waals surface area contributed by atoms with Crippen LogP contribution in [-0.4, -0.2) is 25.3 Å². The Morgan fingerprint density at radius 2 is 1.65 bits per heavy atom. The first-order valence-corrected chi connectivity index (χ1v) is 9.98. The Hall–Kier alpha value is -4.00. The molecule has 0 bridgehead atoms. The van der Waals surface area contributed by atoms with Crippen molar-refractivity contribution in [1.82, 2.24) is 5.32 Å². The Kier molecular flexibility index (Phi) is 6.03. The average Bonchev–Trinajstić information content (AvgIpc) is 3.28. The fourth-order valence-electron chi connectivity index (χ4n) is 3.50. The van der Waals surface area contributed by atoms with E-state index in [1.807, 2.05) is 72.8 Å². The summed E-state index contributed by atoms with van der Waals surface area (Å²) in [5.74, 6) is 1.17. The zero-order chi connectivity index (χ0) is 21.6. The summed E-state index contributed by atoms with van der Waals surface area (Å²) in [4.78, 5) is 25.7. The first-order chi connectivity index (χ1) is 15.1. The van der Waals surface area contributed by atoms with E-state index in [0.29, 0.717) is 18.0 Å². The molecule has 0 radical (unpaired) electrons. The van der Waals surface area contributed by atoms with Gasteiger partial charge in [0.05, 0.1) is 6.54 Å². The van der Waals surface area contributed by atoms with Crippen LogP contribution < -0.4 is 25.4 Å². The molecule has 0 aliphatic carbocycles. The predicted octanol–water partition coefficient (Wildman–Crippen LogP) is 3.67. The van der Waals surface area contributed by atoms with Gasteiger partial charge in [0.15, 0.2) is 11.5 Å². The van der Waals surface area contributed by atoms with E-state index >= 15 is 0 Å². The van der Waals surface area contributed by atoms with Crippen LogP contribution in [0.5, 0.6) is 11.5 Å². The molecular formula is C24H23N3O4. The number of amides is 3. The Morgan fingerprint density at radius 1 is 0.903 bits per heavy atom. The first-order valence-electron chi connectivity index (χ1n) is 9.98. The van der Waals surface area contributed by atoms with E-state index in [2.05, 4.69) is 5.32 Å². The molecule has 1 heterocycles. The number of para-hydroxylation sites is 1. The number of nitrogens with one attached hydrogen (secondary N) is 1. The molecule has 7 heteroatoms. The fraction of sp³-hybridized carbons (Fsp3) is 0.167. The maximum atomic E-state index is 13.0. The lowest BCUT2D eigenvalue weighted by Gasteiger charge is -2.24. The van der Waals surface area contributed by atoms with Crippen LogP contribution in [0.15, 0.2) is 72.8 Å². The van der Waals surface area contributed by atoms with Crippen LogP contribution >= 0.6 is 0 Å². The van der Waals surface area contributed by atoms with Crippen LogP contribution in [0.3, 0.4) is 0 Å². The zero-order valence-corrected chi connectivity index (χ0v) is 16.9. The molecule has 0 spiro atoms. The van der Waals surface area contributed by atoms with Gasteiger partial charge in [0.1, 0.15) is 0 Å². The highest BCUT2D eigenvalue weighted by atomic mass is 16.7. The van der Waals surface area contributed by atoms with Crippen molar-refractivity contribution in [2.75, 3.05) is 18.2 Å². The lowest BCUT2D eigenvalue weighted by molar-refractivity contribution is -0.118. The monoisotopic (exact) mass is 417 g/mol. The molecule has 4 rings (SSSR count). The third kappa shape index (κ3) is 4.78. The molecule has 1 aliphatic rings. The van der Waals surface area contributed by atoms with E-state index in [-0.39, 0.29) is 25.7 Å². The smallest absolute Gasteiger partial charge is 0.312 e. The van der Waals surface area contributed by atoms with Gasteiger partial charge in [-0.3, -0.25) is 4.79 Å². The molecule has 0 unspecified atom stereocenters. The molecule has 3 aromatic carbocycles. The lowest BCUT2D eigenvalue weighted by Crippen LogP contribution is -2.36. The van der Waals surface area contributed by atoms with Gasteiger partial charge in [-0.25, -0.2) is 4.79 Å². The second kappa shape index (κ2) is 9.21. The summed E-state index contributed by atoms with van der Waals surface area (Å²) in [5.41, 5.74) is 8.87. The highest BCUT2D eigenvalue weighted by Gasteiger charge is 2.22. The largest absolute Gasteiger partial charge is 0.454 e. The van der Waals surface area contributed by atoms with Gasteiger partial charge in [-0.05, 0) is 29.3 Å². The first kappa shape index (κ1) is 20.3. The molecule has 0 aromatic heterocycles. The zero-order valence-electron chi connectivity index (χ0n) is 16.9. The van der Waals surface area contributed by atoms with Gasteiger partial charge < -0.3 is 25.4 Å². The summed E-state index contributed by atoms with van der Waals surface area (Å²) in [6.07, 6.45) is 0.121. The quantitative estimate of drug-likeness (QED) is 0.613. The van der Waals surface area contributed by atoms with Crippen molar-refractivity contribution >= 4 is 17.6 Å². The molecule has 1 aliphatic heterocycles. The normalized spacial score (nSPS) is 11.7. The van der Waals surface area contributed by atoms with Gasteiger partial charge in [0.25, 0.3) is 0 Å². The second-order valence-electron chi connectivity index (χ2n) is 7.08. The van der Waals surface area contributed by atoms with Crippen LogP contribution in [0.2, 0.25) is 0 Å². The summed E-state index contributed by atoms with van der Waals surface area (Å²) >= 11 is 0. The Balaban J connectivity index is 1.60. The molecule has 0 saturated heterocycles. The molecule has 158 valence electrons. The Bertz CT molecular complexity index is 1070. The minimum absolute atomic E-state index is 0.121. The number of benzene rings is 3. The number of fused-ring (bicyclic) bond motifs is 1. The Morgan fingerprint density at radius 3 is 2.39 bits per heavy atom. The van der Waals surface area contributed by atoms with E-state index in [1.165, 1.54) is 0 Å². The van der Waals surface area contributed by atoms with E-state index in [1.54, 1.807) is 4.90 Å². The highest BCUT2D eigenvalue weighted by molar-refractivity contribution is 5.94. The van der Waals surface area contributed by atoms with Crippen LogP contribution in [0.1, 0.15) is 12.0 Å². The standard InChI is InChI=1S/C24H23N3O4/c25-24(29)26-14-13-22(28)27(15-19-7-4-8-21-23(19)31-16-30-21)20-11-9-18(10-12-20)17-5-2-1-3-6-17/h1-12H,13-16H2,(H3,25,26,29). The summed E-state index contributed by atoms with van der Waals surface area (Å²) in [5, 5.41) is 2.47. The summed E-state index contributed by atoms with van der Waals surface area (Å²) < 4.78 is 11.1. The SMILES string of the molecule is NC(=O)NCCC(=O)N(Cc1cccc2c1OCO2)c1ccc(-c2ccccc2)cc1. The highest BCUT2D eigenvalue weighted by Crippen LogP contribution is 2.36. The molecule has 0 saturated carbocycles. The molecule has 3 amide bonds. The number of urea groups is 1. The number of nitrogens with zero attached hydrogens (tertiary/aromatic N) is 1. The number of carbonyl (C=O) groups excluding carboxylic acids is 2. The number of hydrogen-bond donors (Lipinski definition) is 2. The average molecular weight is 417 g/mol. The van der Waals surface area contributed by atoms with Crippen molar-refractivity contribution < 1.29 is 19.1 Å². The molecule has 3 aromatic rings. The van der Waals surface area contributed by atoms with Crippen LogP contribution in [0.4, 0.5) is 10.5 Å². The van der Waals surface area contributed by atoms with Crippen molar-refractivity contribution in [3.63, 3.8) is 0 Å². The van der Waals surface area contributed by atoms with Crippen molar-refractivity contribution in [3.05, 3.63) is 78.4 Å². The number of anilines is 1. The molecule has 3 N–H and O–H groups in total. The van der Waals surface area contributed by atoms with Gasteiger partial charge in [-0.15, -0.1) is 0 Å². The van der Waals surface area contributed by atoms with Gasteiger partial charge in [0.2, 0.25) is 12.7 Å². The number of ether oxygens (including phenoxy) is 2. The summed E-state index contributed by atoms with van der Waals surface area (Å²) in [6, 6.07) is 22.8.